The molecule has 46 valence electrons. The topological polar surface area (TPSA) is 0 Å². The van der Waals surface area contributed by atoms with Crippen molar-refractivity contribution in [2.45, 2.75) is 19.2 Å². The lowest BCUT2D eigenvalue weighted by Crippen LogP contribution is -2.12. The Balaban J connectivity index is 3.90. The highest BCUT2D eigenvalue weighted by molar-refractivity contribution is 7.35. The number of hydrogen-bond donors (Lipinski definition) is 0. The molecular weight excluding hydrogens is 142 g/mol. The van der Waals surface area contributed by atoms with Crippen molar-refractivity contribution in [2.24, 2.45) is 0 Å². The first-order chi connectivity index (χ1) is 3.50. The van der Waals surface area contributed by atoms with E-state index in [4.69, 9.17) is 22.9 Å². The lowest BCUT2D eigenvalue weighted by atomic mass is 9.70. The third-order valence-electron chi connectivity index (χ3n) is 1.09. The maximum absolute atomic E-state index is 5.56. The molecule has 0 aromatic rings. The Morgan fingerprint density at radius 1 is 1.50 bits per heavy atom. The van der Waals surface area contributed by atoms with Crippen molar-refractivity contribution in [3.05, 3.63) is 12.7 Å². The molecule has 0 unspecified atom stereocenters. The summed E-state index contributed by atoms with van der Waals surface area (Å²) in [6, 6.07) is 0. The zero-order valence-corrected chi connectivity index (χ0v) is 6.63. The highest BCUT2D eigenvalue weighted by Crippen LogP contribution is 2.33. The molecule has 0 rings (SSSR count). The molecule has 8 heavy (non-hydrogen) atoms. The Morgan fingerprint density at radius 2 is 1.88 bits per heavy atom. The van der Waals surface area contributed by atoms with Crippen LogP contribution in [0.3, 0.4) is 0 Å². The first-order valence-electron chi connectivity index (χ1n) is 2.42. The fourth-order valence-corrected chi connectivity index (χ4v) is 0.267. The van der Waals surface area contributed by atoms with Gasteiger partial charge in [-0.1, -0.05) is 19.9 Å². The molecule has 0 nitrogen and oxygen atoms in total. The Bertz CT molecular complexity index is 88.4. The van der Waals surface area contributed by atoms with E-state index in [2.05, 4.69) is 6.58 Å². The molecule has 0 atom stereocenters. The van der Waals surface area contributed by atoms with E-state index >= 15 is 0 Å². The number of hydrogen-bond acceptors (Lipinski definition) is 0. The van der Waals surface area contributed by atoms with Crippen LogP contribution in [0.25, 0.3) is 0 Å². The second-order valence-corrected chi connectivity index (χ2v) is 3.42. The molecular formula is C5H9BCl2. The van der Waals surface area contributed by atoms with E-state index in [1.165, 1.54) is 0 Å². The minimum absolute atomic E-state index is 0.164. The smallest absolute Gasteiger partial charge is 0.171 e. The van der Waals surface area contributed by atoms with E-state index in [0.717, 1.165) is 0 Å². The second-order valence-electron chi connectivity index (χ2n) is 2.33. The molecule has 0 heterocycles. The first-order valence-corrected chi connectivity index (χ1v) is 3.29. The van der Waals surface area contributed by atoms with Gasteiger partial charge in [-0.3, -0.25) is 0 Å². The van der Waals surface area contributed by atoms with Gasteiger partial charge in [-0.25, -0.2) is 0 Å². The van der Waals surface area contributed by atoms with Crippen molar-refractivity contribution in [2.75, 3.05) is 0 Å². The predicted molar refractivity (Wildman–Crippen MR) is 41.7 cm³/mol. The van der Waals surface area contributed by atoms with Gasteiger partial charge in [0.15, 0.2) is 0 Å². The summed E-state index contributed by atoms with van der Waals surface area (Å²) in [5.74, 6) is 0. The molecule has 0 aliphatic rings. The van der Waals surface area contributed by atoms with Crippen LogP contribution in [0.5, 0.6) is 0 Å². The van der Waals surface area contributed by atoms with Gasteiger partial charge in [-0.05, 0) is 5.31 Å². The fourth-order valence-electron chi connectivity index (χ4n) is 0.0891. The molecule has 0 N–H and O–H groups in total. The van der Waals surface area contributed by atoms with Crippen molar-refractivity contribution in [3.8, 4) is 0 Å². The van der Waals surface area contributed by atoms with Gasteiger partial charge in [-0.2, -0.15) is 22.9 Å². The average molecular weight is 151 g/mol. The van der Waals surface area contributed by atoms with Crippen LogP contribution in [0.4, 0.5) is 0 Å². The van der Waals surface area contributed by atoms with E-state index < -0.39 is 0 Å². The van der Waals surface area contributed by atoms with Crippen LogP contribution < -0.4 is 0 Å². The summed E-state index contributed by atoms with van der Waals surface area (Å²) in [4.78, 5) is 0. The van der Waals surface area contributed by atoms with Crippen LogP contribution >= 0.6 is 22.9 Å². The fraction of sp³-hybridized carbons (Fsp3) is 0.600. The van der Waals surface area contributed by atoms with Crippen LogP contribution in [-0.2, 0) is 0 Å². The summed E-state index contributed by atoms with van der Waals surface area (Å²) < 4.78 is 0. The molecule has 0 aromatic carbocycles. The highest BCUT2D eigenvalue weighted by atomic mass is 35.5. The molecule has 0 saturated heterocycles. The van der Waals surface area contributed by atoms with Crippen LogP contribution in [-0.4, -0.2) is 5.54 Å². The normalized spacial score (nSPS) is 11.0. The molecule has 0 fully saturated rings. The largest absolute Gasteiger partial charge is 0.360 e. The minimum atomic E-state index is -0.361. The molecule has 0 bridgehead atoms. The predicted octanol–water partition coefficient (Wildman–Crippen LogP) is 2.92. The van der Waals surface area contributed by atoms with Crippen LogP contribution in [0.2, 0.25) is 5.31 Å². The van der Waals surface area contributed by atoms with Crippen molar-refractivity contribution < 1.29 is 0 Å². The standard InChI is InChI=1S/C5H9BCl2/c1-4-5(2,3)6(7)8/h4H,1H2,2-3H3. The van der Waals surface area contributed by atoms with Gasteiger partial charge < -0.3 is 0 Å². The van der Waals surface area contributed by atoms with Gasteiger partial charge in [0.2, 0.25) is 0 Å². The molecule has 3 heteroatoms. The van der Waals surface area contributed by atoms with Gasteiger partial charge in [-0.15, -0.1) is 6.58 Å². The summed E-state index contributed by atoms with van der Waals surface area (Å²) >= 11 is 11.1. The molecule has 0 spiro atoms. The van der Waals surface area contributed by atoms with Gasteiger partial charge in [0.05, 0.1) is 0 Å². The van der Waals surface area contributed by atoms with E-state index in [9.17, 15) is 0 Å². The number of allylic oxidation sites excluding steroid dienone is 1. The zero-order chi connectivity index (χ0) is 6.78. The average Bonchev–Trinajstić information content (AvgIpc) is 1.67. The van der Waals surface area contributed by atoms with Gasteiger partial charge in [0.1, 0.15) is 0 Å². The van der Waals surface area contributed by atoms with Crippen LogP contribution in [0, 0.1) is 0 Å². The molecule has 0 aromatic heterocycles. The van der Waals surface area contributed by atoms with Crippen molar-refractivity contribution in [3.63, 3.8) is 0 Å². The van der Waals surface area contributed by atoms with Gasteiger partial charge in [0, 0.05) is 0 Å². The first kappa shape index (κ1) is 8.38. The second kappa shape index (κ2) is 2.79. The lowest BCUT2D eigenvalue weighted by Gasteiger charge is -2.16. The molecule has 0 aliphatic heterocycles. The van der Waals surface area contributed by atoms with Gasteiger partial charge in [0.25, 0.3) is 0 Å². The van der Waals surface area contributed by atoms with Crippen molar-refractivity contribution >= 4 is 28.5 Å². The summed E-state index contributed by atoms with van der Waals surface area (Å²) in [7, 11) is 0. The molecule has 0 radical (unpaired) electrons. The Morgan fingerprint density at radius 3 is 1.88 bits per heavy atom. The van der Waals surface area contributed by atoms with Crippen molar-refractivity contribution in [1.82, 2.24) is 0 Å². The quantitative estimate of drug-likeness (QED) is 0.420. The molecule has 0 amide bonds. The van der Waals surface area contributed by atoms with E-state index in [1.807, 2.05) is 13.8 Å². The van der Waals surface area contributed by atoms with Crippen LogP contribution in [0.15, 0.2) is 12.7 Å². The summed E-state index contributed by atoms with van der Waals surface area (Å²) in [6.07, 6.45) is 1.75. The third-order valence-corrected chi connectivity index (χ3v) is 2.21. The lowest BCUT2D eigenvalue weighted by molar-refractivity contribution is 0.855. The van der Waals surface area contributed by atoms with Crippen LogP contribution in [0.1, 0.15) is 13.8 Å². The van der Waals surface area contributed by atoms with Gasteiger partial charge >= 0.3 is 5.54 Å². The Hall–Kier alpha value is 0.385. The molecule has 0 saturated carbocycles. The third kappa shape index (κ3) is 2.10. The molecule has 0 aliphatic carbocycles. The summed E-state index contributed by atoms with van der Waals surface area (Å²) in [5, 5.41) is -0.164. The number of rotatable bonds is 2. The van der Waals surface area contributed by atoms with E-state index in [0.29, 0.717) is 0 Å². The van der Waals surface area contributed by atoms with Crippen molar-refractivity contribution in [1.29, 1.82) is 0 Å². The van der Waals surface area contributed by atoms with E-state index in [-0.39, 0.29) is 10.9 Å². The SMILES string of the molecule is C=CC(C)(C)B(Cl)Cl. The minimum Gasteiger partial charge on any atom is -0.171 e. The highest BCUT2D eigenvalue weighted by Gasteiger charge is 2.26. The van der Waals surface area contributed by atoms with E-state index in [1.54, 1.807) is 6.08 Å². The monoisotopic (exact) mass is 150 g/mol. The maximum atomic E-state index is 5.56. The maximum Gasteiger partial charge on any atom is 0.360 e. The zero-order valence-electron chi connectivity index (χ0n) is 5.12. The Labute approximate surface area is 60.8 Å². The number of halogens is 2. The Kier molecular flexibility index (Phi) is 2.93. The summed E-state index contributed by atoms with van der Waals surface area (Å²) in [5.41, 5.74) is -0.361. The summed E-state index contributed by atoms with van der Waals surface area (Å²) in [6.45, 7) is 7.46.